The summed E-state index contributed by atoms with van der Waals surface area (Å²) in [7, 11) is 0. The number of esters is 1. The van der Waals surface area contributed by atoms with Crippen LogP contribution in [-0.4, -0.2) is 32.4 Å². The Morgan fingerprint density at radius 2 is 1.95 bits per heavy atom. The molecular weight excluding hydrogens is 327 g/mol. The van der Waals surface area contributed by atoms with Crippen LogP contribution in [0.25, 0.3) is 0 Å². The van der Waals surface area contributed by atoms with Crippen molar-refractivity contribution in [3.05, 3.63) is 28.2 Å². The molecule has 1 aromatic rings. The first kappa shape index (κ1) is 19.1. The van der Waals surface area contributed by atoms with E-state index in [1.54, 1.807) is 18.2 Å². The summed E-state index contributed by atoms with van der Waals surface area (Å²) in [5.41, 5.74) is 0. The largest absolute Gasteiger partial charge is 0.492 e. The number of hydrogen-bond acceptors (Lipinski definition) is 4. The molecule has 1 rings (SSSR count). The number of benzene rings is 1. The molecule has 0 aromatic heterocycles. The lowest BCUT2D eigenvalue weighted by molar-refractivity contribution is -0.145. The van der Waals surface area contributed by atoms with Crippen molar-refractivity contribution in [3.63, 3.8) is 0 Å². The smallest absolute Gasteiger partial charge is 0.305 e. The molecule has 6 heteroatoms. The van der Waals surface area contributed by atoms with Crippen LogP contribution in [0.1, 0.15) is 26.7 Å². The quantitative estimate of drug-likeness (QED) is 0.465. The van der Waals surface area contributed by atoms with Crippen molar-refractivity contribution in [1.29, 1.82) is 0 Å². The van der Waals surface area contributed by atoms with E-state index >= 15 is 0 Å². The molecule has 0 amide bonds. The third-order valence-corrected chi connectivity index (χ3v) is 3.15. The van der Waals surface area contributed by atoms with Gasteiger partial charge in [0.2, 0.25) is 0 Å². The maximum Gasteiger partial charge on any atom is 0.305 e. The summed E-state index contributed by atoms with van der Waals surface area (Å²) in [4.78, 5) is 11.5. The molecule has 22 heavy (non-hydrogen) atoms. The molecule has 0 spiro atoms. The molecule has 0 unspecified atom stereocenters. The Morgan fingerprint density at radius 3 is 2.64 bits per heavy atom. The zero-order chi connectivity index (χ0) is 16.4. The molecule has 0 saturated carbocycles. The van der Waals surface area contributed by atoms with Crippen LogP contribution in [0.2, 0.25) is 10.0 Å². The van der Waals surface area contributed by atoms with Gasteiger partial charge in [-0.05, 0) is 30.5 Å². The predicted octanol–water partition coefficient (Wildman–Crippen LogP) is 4.37. The van der Waals surface area contributed by atoms with Gasteiger partial charge in [0.1, 0.15) is 12.4 Å². The number of halogens is 2. The minimum Gasteiger partial charge on any atom is -0.492 e. The number of carbonyl (C=O) groups excluding carboxylic acids is 1. The van der Waals surface area contributed by atoms with E-state index in [-0.39, 0.29) is 12.6 Å². The van der Waals surface area contributed by atoms with Crippen molar-refractivity contribution < 1.29 is 19.0 Å². The SMILES string of the molecule is CC(C)COCCOC(=O)CCCOc1ccc(Cl)cc1Cl. The van der Waals surface area contributed by atoms with E-state index in [9.17, 15) is 4.79 Å². The van der Waals surface area contributed by atoms with Crippen molar-refractivity contribution >= 4 is 29.2 Å². The Labute approximate surface area is 141 Å². The predicted molar refractivity (Wildman–Crippen MR) is 87.8 cm³/mol. The van der Waals surface area contributed by atoms with Crippen molar-refractivity contribution in [3.8, 4) is 5.75 Å². The zero-order valence-corrected chi connectivity index (χ0v) is 14.5. The van der Waals surface area contributed by atoms with Crippen molar-refractivity contribution in [2.24, 2.45) is 5.92 Å². The lowest BCUT2D eigenvalue weighted by Gasteiger charge is -2.09. The first-order valence-electron chi connectivity index (χ1n) is 7.30. The molecule has 0 atom stereocenters. The summed E-state index contributed by atoms with van der Waals surface area (Å²) in [5.74, 6) is 0.785. The third kappa shape index (κ3) is 8.47. The molecular formula is C16H22Cl2O4. The fourth-order valence-corrected chi connectivity index (χ4v) is 2.06. The molecule has 0 fully saturated rings. The fourth-order valence-electron chi connectivity index (χ4n) is 1.60. The fraction of sp³-hybridized carbons (Fsp3) is 0.562. The molecule has 0 aliphatic heterocycles. The Kier molecular flexibility index (Phi) is 9.28. The molecule has 0 saturated heterocycles. The second-order valence-electron chi connectivity index (χ2n) is 5.22. The highest BCUT2D eigenvalue weighted by atomic mass is 35.5. The number of ether oxygens (including phenoxy) is 3. The van der Waals surface area contributed by atoms with Gasteiger partial charge in [-0.2, -0.15) is 0 Å². The minimum atomic E-state index is -0.251. The van der Waals surface area contributed by atoms with Gasteiger partial charge in [0.25, 0.3) is 0 Å². The van der Waals surface area contributed by atoms with E-state index < -0.39 is 0 Å². The number of rotatable bonds is 10. The zero-order valence-electron chi connectivity index (χ0n) is 12.9. The monoisotopic (exact) mass is 348 g/mol. The van der Waals surface area contributed by atoms with E-state index in [1.807, 2.05) is 0 Å². The van der Waals surface area contributed by atoms with Crippen LogP contribution in [-0.2, 0) is 14.3 Å². The van der Waals surface area contributed by atoms with Crippen LogP contribution in [0.5, 0.6) is 5.75 Å². The summed E-state index contributed by atoms with van der Waals surface area (Å²) >= 11 is 11.8. The molecule has 4 nitrogen and oxygen atoms in total. The van der Waals surface area contributed by atoms with E-state index in [0.717, 1.165) is 0 Å². The van der Waals surface area contributed by atoms with Gasteiger partial charge in [0.15, 0.2) is 0 Å². The Balaban J connectivity index is 2.07. The highest BCUT2D eigenvalue weighted by Gasteiger charge is 2.05. The highest BCUT2D eigenvalue weighted by molar-refractivity contribution is 6.35. The van der Waals surface area contributed by atoms with Crippen LogP contribution in [0.15, 0.2) is 18.2 Å². The van der Waals surface area contributed by atoms with Gasteiger partial charge in [-0.15, -0.1) is 0 Å². The molecule has 0 aliphatic carbocycles. The molecule has 124 valence electrons. The normalized spacial score (nSPS) is 10.8. The standard InChI is InChI=1S/C16H22Cl2O4/c1-12(2)11-20-8-9-22-16(19)4-3-7-21-15-6-5-13(17)10-14(15)18/h5-6,10,12H,3-4,7-9,11H2,1-2H3. The van der Waals surface area contributed by atoms with Gasteiger partial charge in [-0.3, -0.25) is 4.79 Å². The maximum atomic E-state index is 11.5. The van der Waals surface area contributed by atoms with Crippen molar-refractivity contribution in [2.45, 2.75) is 26.7 Å². The Bertz CT molecular complexity index is 463. The number of hydrogen-bond donors (Lipinski definition) is 0. The second-order valence-corrected chi connectivity index (χ2v) is 6.06. The van der Waals surface area contributed by atoms with Crippen LogP contribution < -0.4 is 4.74 Å². The first-order chi connectivity index (χ1) is 10.5. The molecule has 0 aliphatic rings. The first-order valence-corrected chi connectivity index (χ1v) is 8.06. The average molecular weight is 349 g/mol. The van der Waals surface area contributed by atoms with E-state index in [1.165, 1.54) is 0 Å². The molecule has 0 radical (unpaired) electrons. The topological polar surface area (TPSA) is 44.8 Å². The summed E-state index contributed by atoms with van der Waals surface area (Å²) < 4.78 is 15.9. The van der Waals surface area contributed by atoms with Gasteiger partial charge >= 0.3 is 5.97 Å². The minimum absolute atomic E-state index is 0.251. The second kappa shape index (κ2) is 10.7. The summed E-state index contributed by atoms with van der Waals surface area (Å²) in [6.45, 7) is 5.92. The van der Waals surface area contributed by atoms with E-state index in [0.29, 0.717) is 54.4 Å². The molecule has 0 N–H and O–H groups in total. The van der Waals surface area contributed by atoms with Crippen LogP contribution >= 0.6 is 23.2 Å². The molecule has 0 bridgehead atoms. The van der Waals surface area contributed by atoms with E-state index in [2.05, 4.69) is 13.8 Å². The number of carbonyl (C=O) groups is 1. The van der Waals surface area contributed by atoms with Crippen LogP contribution in [0.4, 0.5) is 0 Å². The van der Waals surface area contributed by atoms with Gasteiger partial charge in [0, 0.05) is 18.1 Å². The average Bonchev–Trinajstić information content (AvgIpc) is 2.44. The third-order valence-electron chi connectivity index (χ3n) is 2.62. The van der Waals surface area contributed by atoms with Gasteiger partial charge in [-0.25, -0.2) is 0 Å². The lowest BCUT2D eigenvalue weighted by Crippen LogP contribution is -2.13. The van der Waals surface area contributed by atoms with Gasteiger partial charge in [0.05, 0.1) is 18.2 Å². The molecule has 1 aromatic carbocycles. The van der Waals surface area contributed by atoms with Gasteiger partial charge in [-0.1, -0.05) is 37.0 Å². The Hall–Kier alpha value is -0.970. The summed E-state index contributed by atoms with van der Waals surface area (Å²) in [6.07, 6.45) is 0.861. The lowest BCUT2D eigenvalue weighted by atomic mass is 10.2. The van der Waals surface area contributed by atoms with Crippen LogP contribution in [0.3, 0.4) is 0 Å². The maximum absolute atomic E-state index is 11.5. The molecule has 0 heterocycles. The van der Waals surface area contributed by atoms with Crippen molar-refractivity contribution in [1.82, 2.24) is 0 Å². The van der Waals surface area contributed by atoms with Crippen LogP contribution in [0, 0.1) is 5.92 Å². The van der Waals surface area contributed by atoms with E-state index in [4.69, 9.17) is 37.4 Å². The summed E-state index contributed by atoms with van der Waals surface area (Å²) in [5, 5.41) is 1.01. The van der Waals surface area contributed by atoms with Crippen molar-refractivity contribution in [2.75, 3.05) is 26.4 Å². The highest BCUT2D eigenvalue weighted by Crippen LogP contribution is 2.27. The summed E-state index contributed by atoms with van der Waals surface area (Å²) in [6, 6.07) is 5.02. The van der Waals surface area contributed by atoms with Gasteiger partial charge < -0.3 is 14.2 Å². The Morgan fingerprint density at radius 1 is 1.18 bits per heavy atom.